The number of aromatic carboxylic acids is 2. The molecule has 0 saturated heterocycles. The van der Waals surface area contributed by atoms with E-state index in [4.69, 9.17) is 10.2 Å². The smallest absolute Gasteiger partial charge is 0.335 e. The molecule has 0 amide bonds. The minimum atomic E-state index is -1.10. The summed E-state index contributed by atoms with van der Waals surface area (Å²) in [4.78, 5) is 21.7. The molecule has 0 aromatic heterocycles. The van der Waals surface area contributed by atoms with Crippen molar-refractivity contribution in [3.8, 4) is 0 Å². The molecule has 0 radical (unpaired) electrons. The summed E-state index contributed by atoms with van der Waals surface area (Å²) in [5.74, 6) is -1.58. The van der Waals surface area contributed by atoms with Crippen molar-refractivity contribution in [2.45, 2.75) is 19.3 Å². The summed E-state index contributed by atoms with van der Waals surface area (Å²) in [6.45, 7) is 0. The number of carboxylic acid groups (broad SMARTS) is 2. The van der Waals surface area contributed by atoms with Gasteiger partial charge in [-0.1, -0.05) is 6.07 Å². The molecule has 0 unspecified atom stereocenters. The van der Waals surface area contributed by atoms with E-state index in [-0.39, 0.29) is 11.1 Å². The summed E-state index contributed by atoms with van der Waals surface area (Å²) in [6, 6.07) is 4.32. The van der Waals surface area contributed by atoms with Crippen molar-refractivity contribution in [1.82, 2.24) is 0 Å². The highest BCUT2D eigenvalue weighted by Gasteiger charge is 2.24. The Bertz CT molecular complexity index is 446. The minimum absolute atomic E-state index is 0.0250. The number of rotatable bonds is 4. The minimum Gasteiger partial charge on any atom is -0.478 e. The quantitative estimate of drug-likeness (QED) is 0.814. The van der Waals surface area contributed by atoms with Crippen molar-refractivity contribution in [2.24, 2.45) is 5.92 Å². The number of hydrogen-bond acceptors (Lipinski definition) is 2. The van der Waals surface area contributed by atoms with E-state index in [1.165, 1.54) is 12.1 Å². The molecule has 0 bridgehead atoms. The Hall–Kier alpha value is -1.84. The van der Waals surface area contributed by atoms with E-state index in [1.54, 1.807) is 6.07 Å². The first-order valence-corrected chi connectivity index (χ1v) is 5.17. The van der Waals surface area contributed by atoms with Crippen molar-refractivity contribution < 1.29 is 19.8 Å². The molecule has 0 aliphatic heterocycles. The Balaban J connectivity index is 2.35. The van der Waals surface area contributed by atoms with Gasteiger partial charge in [-0.25, -0.2) is 9.59 Å². The van der Waals surface area contributed by atoms with Gasteiger partial charge in [-0.2, -0.15) is 0 Å². The van der Waals surface area contributed by atoms with Crippen LogP contribution in [-0.2, 0) is 6.42 Å². The van der Waals surface area contributed by atoms with Crippen LogP contribution in [0.2, 0.25) is 0 Å². The van der Waals surface area contributed by atoms with Crippen molar-refractivity contribution in [1.29, 1.82) is 0 Å². The first-order valence-electron chi connectivity index (χ1n) is 5.17. The second-order valence-electron chi connectivity index (χ2n) is 4.13. The third kappa shape index (κ3) is 2.21. The zero-order chi connectivity index (χ0) is 11.7. The van der Waals surface area contributed by atoms with Gasteiger partial charge in [-0.3, -0.25) is 0 Å². The maximum Gasteiger partial charge on any atom is 0.335 e. The summed E-state index contributed by atoms with van der Waals surface area (Å²) in [7, 11) is 0. The first-order chi connectivity index (χ1) is 7.58. The summed E-state index contributed by atoms with van der Waals surface area (Å²) < 4.78 is 0. The fourth-order valence-electron chi connectivity index (χ4n) is 1.72. The monoisotopic (exact) mass is 220 g/mol. The summed E-state index contributed by atoms with van der Waals surface area (Å²) in [6.07, 6.45) is 3.01. The van der Waals surface area contributed by atoms with Gasteiger partial charge in [0.25, 0.3) is 0 Å². The third-order valence-electron chi connectivity index (χ3n) is 2.79. The number of hydrogen-bond donors (Lipinski definition) is 2. The standard InChI is InChI=1S/C12H12O4/c13-11(14)9-4-3-8(5-7-1-2-7)10(6-9)12(15)16/h3-4,6-7H,1-2,5H2,(H,13,14)(H,15,16). The number of carbonyl (C=O) groups is 2. The third-order valence-corrected chi connectivity index (χ3v) is 2.79. The highest BCUT2D eigenvalue weighted by Crippen LogP contribution is 2.33. The SMILES string of the molecule is O=C(O)c1ccc(CC2CC2)c(C(=O)O)c1. The van der Waals surface area contributed by atoms with E-state index in [1.807, 2.05) is 0 Å². The lowest BCUT2D eigenvalue weighted by atomic mass is 9.99. The largest absolute Gasteiger partial charge is 0.478 e. The van der Waals surface area contributed by atoms with Gasteiger partial charge in [-0.05, 0) is 42.9 Å². The normalized spacial score (nSPS) is 14.8. The van der Waals surface area contributed by atoms with Crippen LogP contribution in [0.4, 0.5) is 0 Å². The molecule has 4 nitrogen and oxygen atoms in total. The second kappa shape index (κ2) is 3.96. The van der Waals surface area contributed by atoms with Crippen molar-refractivity contribution in [2.75, 3.05) is 0 Å². The molecular formula is C12H12O4. The molecule has 1 aliphatic carbocycles. The molecule has 1 aromatic carbocycles. The zero-order valence-corrected chi connectivity index (χ0v) is 8.64. The van der Waals surface area contributed by atoms with Crippen LogP contribution in [0.25, 0.3) is 0 Å². The van der Waals surface area contributed by atoms with Gasteiger partial charge in [0, 0.05) is 0 Å². The van der Waals surface area contributed by atoms with Crippen LogP contribution in [0.5, 0.6) is 0 Å². The lowest BCUT2D eigenvalue weighted by molar-refractivity contribution is 0.0695. The molecule has 16 heavy (non-hydrogen) atoms. The Morgan fingerprint density at radius 1 is 1.19 bits per heavy atom. The lowest BCUT2D eigenvalue weighted by Crippen LogP contribution is -2.06. The van der Waals surface area contributed by atoms with Crippen LogP contribution in [-0.4, -0.2) is 22.2 Å². The molecule has 1 fully saturated rings. The molecule has 1 aromatic rings. The highest BCUT2D eigenvalue weighted by atomic mass is 16.4. The molecule has 2 N–H and O–H groups in total. The van der Waals surface area contributed by atoms with E-state index < -0.39 is 11.9 Å². The van der Waals surface area contributed by atoms with E-state index in [2.05, 4.69) is 0 Å². The molecule has 1 saturated carbocycles. The van der Waals surface area contributed by atoms with Crippen LogP contribution in [0.3, 0.4) is 0 Å². The zero-order valence-electron chi connectivity index (χ0n) is 8.64. The molecule has 2 rings (SSSR count). The highest BCUT2D eigenvalue weighted by molar-refractivity contribution is 5.94. The average molecular weight is 220 g/mol. The van der Waals surface area contributed by atoms with E-state index >= 15 is 0 Å². The van der Waals surface area contributed by atoms with Gasteiger partial charge in [-0.15, -0.1) is 0 Å². The van der Waals surface area contributed by atoms with Crippen LogP contribution in [0.1, 0.15) is 39.1 Å². The fourth-order valence-corrected chi connectivity index (χ4v) is 1.72. The Labute approximate surface area is 92.5 Å². The van der Waals surface area contributed by atoms with Crippen molar-refractivity contribution in [3.05, 3.63) is 34.9 Å². The van der Waals surface area contributed by atoms with Gasteiger partial charge >= 0.3 is 11.9 Å². The maximum atomic E-state index is 11.0. The summed E-state index contributed by atoms with van der Waals surface area (Å²) >= 11 is 0. The Kier molecular flexibility index (Phi) is 2.64. The van der Waals surface area contributed by atoms with E-state index in [0.717, 1.165) is 24.8 Å². The molecular weight excluding hydrogens is 208 g/mol. The van der Waals surface area contributed by atoms with E-state index in [9.17, 15) is 9.59 Å². The molecule has 0 spiro atoms. The summed E-state index contributed by atoms with van der Waals surface area (Å²) in [5, 5.41) is 17.8. The first kappa shape index (κ1) is 10.7. The van der Waals surface area contributed by atoms with Crippen LogP contribution >= 0.6 is 0 Å². The predicted octanol–water partition coefficient (Wildman–Crippen LogP) is 2.04. The topological polar surface area (TPSA) is 74.6 Å². The van der Waals surface area contributed by atoms with Crippen molar-refractivity contribution in [3.63, 3.8) is 0 Å². The van der Waals surface area contributed by atoms with Gasteiger partial charge in [0.05, 0.1) is 11.1 Å². The molecule has 4 heteroatoms. The molecule has 0 heterocycles. The van der Waals surface area contributed by atoms with Gasteiger partial charge in [0.15, 0.2) is 0 Å². The molecule has 0 atom stereocenters. The number of carboxylic acids is 2. The van der Waals surface area contributed by atoms with Gasteiger partial charge in [0.1, 0.15) is 0 Å². The average Bonchev–Trinajstić information content (AvgIpc) is 3.01. The second-order valence-corrected chi connectivity index (χ2v) is 4.13. The van der Waals surface area contributed by atoms with Crippen LogP contribution < -0.4 is 0 Å². The summed E-state index contributed by atoms with van der Waals surface area (Å²) in [5.41, 5.74) is 0.878. The van der Waals surface area contributed by atoms with Crippen molar-refractivity contribution >= 4 is 11.9 Å². The van der Waals surface area contributed by atoms with Crippen LogP contribution in [0.15, 0.2) is 18.2 Å². The Morgan fingerprint density at radius 3 is 2.38 bits per heavy atom. The predicted molar refractivity (Wildman–Crippen MR) is 56.8 cm³/mol. The van der Waals surface area contributed by atoms with Gasteiger partial charge in [0.2, 0.25) is 0 Å². The molecule has 84 valence electrons. The Morgan fingerprint density at radius 2 is 1.88 bits per heavy atom. The number of benzene rings is 1. The van der Waals surface area contributed by atoms with Gasteiger partial charge < -0.3 is 10.2 Å². The van der Waals surface area contributed by atoms with E-state index in [0.29, 0.717) is 5.92 Å². The maximum absolute atomic E-state index is 11.0. The van der Waals surface area contributed by atoms with Crippen LogP contribution in [0, 0.1) is 5.92 Å². The molecule has 1 aliphatic rings. The lowest BCUT2D eigenvalue weighted by Gasteiger charge is -2.06. The fraction of sp³-hybridized carbons (Fsp3) is 0.333.